The van der Waals surface area contributed by atoms with Crippen molar-refractivity contribution < 1.29 is 9.32 Å². The lowest BCUT2D eigenvalue weighted by Crippen LogP contribution is -2.13. The van der Waals surface area contributed by atoms with Crippen LogP contribution in [0.2, 0.25) is 5.02 Å². The largest absolute Gasteiger partial charge is 0.360 e. The van der Waals surface area contributed by atoms with E-state index >= 15 is 0 Å². The van der Waals surface area contributed by atoms with Crippen molar-refractivity contribution >= 4 is 35.0 Å². The van der Waals surface area contributed by atoms with Crippen LogP contribution in [0, 0.1) is 6.92 Å². The average Bonchev–Trinajstić information content (AvgIpc) is 2.95. The number of aryl methyl sites for hydroxylation is 1. The summed E-state index contributed by atoms with van der Waals surface area (Å²) in [6, 6.07) is 8.74. The molecule has 1 aromatic carbocycles. The average molecular weight is 330 g/mol. The number of nitrogens with zero attached hydrogens (tertiary/aromatic N) is 3. The molecule has 3 rings (SSSR count). The summed E-state index contributed by atoms with van der Waals surface area (Å²) in [6.07, 6.45) is 2.85. The lowest BCUT2D eigenvalue weighted by Gasteiger charge is -2.05. The number of rotatable bonds is 4. The molecule has 2 aromatic heterocycles. The number of aromatic nitrogens is 3. The molecule has 2 N–H and O–H groups in total. The van der Waals surface area contributed by atoms with Gasteiger partial charge in [-0.15, -0.1) is 0 Å². The maximum atomic E-state index is 12.0. The molecule has 8 heteroatoms. The van der Waals surface area contributed by atoms with E-state index < -0.39 is 0 Å². The van der Waals surface area contributed by atoms with Gasteiger partial charge >= 0.3 is 0 Å². The summed E-state index contributed by atoms with van der Waals surface area (Å²) in [5.74, 6) is 0.965. The number of hydrogen-bond acceptors (Lipinski definition) is 6. The summed E-state index contributed by atoms with van der Waals surface area (Å²) in [5, 5.41) is 9.94. The molecule has 116 valence electrons. The molecule has 0 spiro atoms. The standard InChI is InChI=1S/C15H12ClN5O2/c1-9-6-13(21-23-9)20-14(22)10-7-17-15(18-8-10)19-12-4-2-11(16)3-5-12/h2-8H,1H3,(H,17,18,19)(H,20,21,22). The number of carbonyl (C=O) groups excluding carboxylic acids is 1. The zero-order valence-electron chi connectivity index (χ0n) is 12.1. The molecule has 23 heavy (non-hydrogen) atoms. The van der Waals surface area contributed by atoms with E-state index in [1.165, 1.54) is 12.4 Å². The second-order valence-corrected chi connectivity index (χ2v) is 5.14. The Bertz CT molecular complexity index is 815. The quantitative estimate of drug-likeness (QED) is 0.761. The van der Waals surface area contributed by atoms with Crippen LogP contribution in [-0.4, -0.2) is 21.0 Å². The molecule has 0 aliphatic heterocycles. The van der Waals surface area contributed by atoms with Crippen molar-refractivity contribution in [3.8, 4) is 0 Å². The van der Waals surface area contributed by atoms with Gasteiger partial charge in [0.15, 0.2) is 5.82 Å². The Morgan fingerprint density at radius 3 is 2.48 bits per heavy atom. The molecular weight excluding hydrogens is 318 g/mol. The Hall–Kier alpha value is -2.93. The van der Waals surface area contributed by atoms with Gasteiger partial charge in [-0.25, -0.2) is 9.97 Å². The van der Waals surface area contributed by atoms with E-state index in [0.717, 1.165) is 5.69 Å². The van der Waals surface area contributed by atoms with Crippen LogP contribution in [0.15, 0.2) is 47.2 Å². The van der Waals surface area contributed by atoms with Crippen molar-refractivity contribution in [2.75, 3.05) is 10.6 Å². The van der Waals surface area contributed by atoms with Crippen molar-refractivity contribution in [3.63, 3.8) is 0 Å². The van der Waals surface area contributed by atoms with Crippen LogP contribution < -0.4 is 10.6 Å². The fraction of sp³-hybridized carbons (Fsp3) is 0.0667. The summed E-state index contributed by atoms with van der Waals surface area (Å²) < 4.78 is 4.88. The first-order valence-electron chi connectivity index (χ1n) is 6.69. The SMILES string of the molecule is Cc1cc(NC(=O)c2cnc(Nc3ccc(Cl)cc3)nc2)no1. The number of carbonyl (C=O) groups is 1. The first kappa shape index (κ1) is 15.0. The highest BCUT2D eigenvalue weighted by molar-refractivity contribution is 6.30. The highest BCUT2D eigenvalue weighted by Gasteiger charge is 2.10. The van der Waals surface area contributed by atoms with Crippen LogP contribution in [0.25, 0.3) is 0 Å². The first-order chi connectivity index (χ1) is 11.1. The van der Waals surface area contributed by atoms with E-state index in [2.05, 4.69) is 25.8 Å². The first-order valence-corrected chi connectivity index (χ1v) is 7.07. The molecule has 0 atom stereocenters. The molecule has 3 aromatic rings. The van der Waals surface area contributed by atoms with Gasteiger partial charge in [0.2, 0.25) is 5.95 Å². The zero-order chi connectivity index (χ0) is 16.2. The highest BCUT2D eigenvalue weighted by Crippen LogP contribution is 2.16. The van der Waals surface area contributed by atoms with Crippen LogP contribution in [0.5, 0.6) is 0 Å². The summed E-state index contributed by atoms with van der Waals surface area (Å²) in [4.78, 5) is 20.2. The lowest BCUT2D eigenvalue weighted by molar-refractivity contribution is 0.102. The van der Waals surface area contributed by atoms with Crippen LogP contribution in [0.1, 0.15) is 16.1 Å². The number of halogens is 1. The Labute approximate surface area is 136 Å². The van der Waals surface area contributed by atoms with Crippen molar-refractivity contribution in [3.05, 3.63) is 59.1 Å². The number of nitrogens with one attached hydrogen (secondary N) is 2. The normalized spacial score (nSPS) is 10.3. The van der Waals surface area contributed by atoms with Crippen LogP contribution in [0.3, 0.4) is 0 Å². The fourth-order valence-electron chi connectivity index (χ4n) is 1.79. The zero-order valence-corrected chi connectivity index (χ0v) is 12.8. The predicted octanol–water partition coefficient (Wildman–Crippen LogP) is 3.42. The smallest absolute Gasteiger partial charge is 0.260 e. The van der Waals surface area contributed by atoms with E-state index in [-0.39, 0.29) is 5.91 Å². The Morgan fingerprint density at radius 1 is 1.17 bits per heavy atom. The third-order valence-corrected chi connectivity index (χ3v) is 3.14. The van der Waals surface area contributed by atoms with Gasteiger partial charge in [0.25, 0.3) is 5.91 Å². The Morgan fingerprint density at radius 2 is 1.87 bits per heavy atom. The van der Waals surface area contributed by atoms with Crippen molar-refractivity contribution in [1.82, 2.24) is 15.1 Å². The van der Waals surface area contributed by atoms with Crippen molar-refractivity contribution in [1.29, 1.82) is 0 Å². The van der Waals surface area contributed by atoms with E-state index in [9.17, 15) is 4.79 Å². The molecule has 0 unspecified atom stereocenters. The minimum absolute atomic E-state index is 0.312. The van der Waals surface area contributed by atoms with Gasteiger partial charge in [0, 0.05) is 29.2 Å². The highest BCUT2D eigenvalue weighted by atomic mass is 35.5. The number of anilines is 3. The summed E-state index contributed by atoms with van der Waals surface area (Å²) >= 11 is 5.82. The molecule has 1 amide bonds. The van der Waals surface area contributed by atoms with E-state index in [0.29, 0.717) is 28.1 Å². The summed E-state index contributed by atoms with van der Waals surface area (Å²) in [5.41, 5.74) is 1.11. The Kier molecular flexibility index (Phi) is 4.20. The molecule has 0 fully saturated rings. The van der Waals surface area contributed by atoms with Gasteiger partial charge in [-0.05, 0) is 31.2 Å². The molecule has 7 nitrogen and oxygen atoms in total. The molecule has 0 aliphatic rings. The van der Waals surface area contributed by atoms with Crippen LogP contribution >= 0.6 is 11.6 Å². The number of hydrogen-bond donors (Lipinski definition) is 2. The van der Waals surface area contributed by atoms with Crippen molar-refractivity contribution in [2.24, 2.45) is 0 Å². The van der Waals surface area contributed by atoms with E-state index in [1.54, 1.807) is 37.3 Å². The molecule has 0 radical (unpaired) electrons. The third-order valence-electron chi connectivity index (χ3n) is 2.88. The second-order valence-electron chi connectivity index (χ2n) is 4.70. The minimum atomic E-state index is -0.364. The number of amides is 1. The fourth-order valence-corrected chi connectivity index (χ4v) is 1.91. The van der Waals surface area contributed by atoms with E-state index in [1.807, 2.05) is 0 Å². The Balaban J connectivity index is 1.66. The van der Waals surface area contributed by atoms with Gasteiger partial charge in [-0.3, -0.25) is 4.79 Å². The maximum Gasteiger partial charge on any atom is 0.260 e. The minimum Gasteiger partial charge on any atom is -0.360 e. The molecular formula is C15H12ClN5O2. The predicted molar refractivity (Wildman–Crippen MR) is 86.0 cm³/mol. The monoisotopic (exact) mass is 329 g/mol. The molecule has 0 bridgehead atoms. The second kappa shape index (κ2) is 6.45. The van der Waals surface area contributed by atoms with Gasteiger partial charge in [-0.1, -0.05) is 16.8 Å². The molecule has 0 saturated carbocycles. The number of benzene rings is 1. The maximum absolute atomic E-state index is 12.0. The van der Waals surface area contributed by atoms with Gasteiger partial charge in [0.1, 0.15) is 5.76 Å². The topological polar surface area (TPSA) is 92.9 Å². The van der Waals surface area contributed by atoms with Crippen LogP contribution in [-0.2, 0) is 0 Å². The summed E-state index contributed by atoms with van der Waals surface area (Å²) in [7, 11) is 0. The van der Waals surface area contributed by atoms with Crippen LogP contribution in [0.4, 0.5) is 17.5 Å². The molecule has 0 saturated heterocycles. The van der Waals surface area contributed by atoms with Crippen molar-refractivity contribution in [2.45, 2.75) is 6.92 Å². The van der Waals surface area contributed by atoms with E-state index in [4.69, 9.17) is 16.1 Å². The lowest BCUT2D eigenvalue weighted by atomic mass is 10.3. The van der Waals surface area contributed by atoms with Gasteiger partial charge < -0.3 is 15.2 Å². The molecule has 0 aliphatic carbocycles. The third kappa shape index (κ3) is 3.83. The van der Waals surface area contributed by atoms with Gasteiger partial charge in [-0.2, -0.15) is 0 Å². The molecule has 2 heterocycles. The summed E-state index contributed by atoms with van der Waals surface area (Å²) in [6.45, 7) is 1.74. The van der Waals surface area contributed by atoms with Gasteiger partial charge in [0.05, 0.1) is 5.56 Å².